The summed E-state index contributed by atoms with van der Waals surface area (Å²) >= 11 is 0. The van der Waals surface area contributed by atoms with E-state index < -0.39 is 4.92 Å². The molecule has 0 unspecified atom stereocenters. The lowest BCUT2D eigenvalue weighted by Gasteiger charge is -2.00. The summed E-state index contributed by atoms with van der Waals surface area (Å²) < 4.78 is 1.65. The summed E-state index contributed by atoms with van der Waals surface area (Å²) in [5.74, 6) is 0. The van der Waals surface area contributed by atoms with Crippen LogP contribution < -0.4 is 5.43 Å². The SMILES string of the molecule is O=c1ccccc2c(C=Cc3ccc([N+](=O)[O-])cc3)nn(-c3ccccc3)c12. The molecule has 1 heterocycles. The van der Waals surface area contributed by atoms with Crippen molar-refractivity contribution in [2.75, 3.05) is 0 Å². The predicted octanol–water partition coefficient (Wildman–Crippen LogP) is 4.46. The van der Waals surface area contributed by atoms with Crippen LogP contribution in [-0.4, -0.2) is 14.7 Å². The minimum atomic E-state index is -0.432. The van der Waals surface area contributed by atoms with Gasteiger partial charge in [-0.2, -0.15) is 5.10 Å². The van der Waals surface area contributed by atoms with Crippen LogP contribution in [0.1, 0.15) is 11.3 Å². The summed E-state index contributed by atoms with van der Waals surface area (Å²) in [6.45, 7) is 0. The zero-order valence-electron chi connectivity index (χ0n) is 14.7. The number of nitrogens with zero attached hydrogens (tertiary/aromatic N) is 3. The molecule has 136 valence electrons. The highest BCUT2D eigenvalue weighted by molar-refractivity contribution is 5.90. The van der Waals surface area contributed by atoms with E-state index in [1.165, 1.54) is 18.2 Å². The predicted molar refractivity (Wildman–Crippen MR) is 109 cm³/mol. The van der Waals surface area contributed by atoms with Crippen molar-refractivity contribution in [2.45, 2.75) is 0 Å². The molecule has 0 atom stereocenters. The molecule has 4 aromatic rings. The Bertz CT molecular complexity index is 1240. The van der Waals surface area contributed by atoms with Crippen LogP contribution in [0.2, 0.25) is 0 Å². The summed E-state index contributed by atoms with van der Waals surface area (Å²) in [6.07, 6.45) is 3.63. The first-order chi connectivity index (χ1) is 13.6. The Morgan fingerprint density at radius 2 is 1.54 bits per heavy atom. The average Bonchev–Trinajstić information content (AvgIpc) is 2.98. The Morgan fingerprint density at radius 1 is 0.857 bits per heavy atom. The lowest BCUT2D eigenvalue weighted by Crippen LogP contribution is -2.04. The highest BCUT2D eigenvalue weighted by Gasteiger charge is 2.12. The van der Waals surface area contributed by atoms with Crippen LogP contribution in [0.25, 0.3) is 28.7 Å². The normalized spacial score (nSPS) is 11.1. The smallest absolute Gasteiger partial charge is 0.269 e. The largest absolute Gasteiger partial charge is 0.288 e. The fourth-order valence-corrected chi connectivity index (χ4v) is 2.98. The Balaban J connectivity index is 1.84. The maximum atomic E-state index is 12.6. The monoisotopic (exact) mass is 369 g/mol. The number of hydrogen-bond acceptors (Lipinski definition) is 4. The topological polar surface area (TPSA) is 78.0 Å². The molecule has 0 fully saturated rings. The molecule has 0 amide bonds. The Morgan fingerprint density at radius 3 is 2.25 bits per heavy atom. The minimum absolute atomic E-state index is 0.0407. The van der Waals surface area contributed by atoms with Gasteiger partial charge in [-0.1, -0.05) is 42.5 Å². The maximum Gasteiger partial charge on any atom is 0.269 e. The highest BCUT2D eigenvalue weighted by atomic mass is 16.6. The Labute approximate surface area is 160 Å². The molecule has 0 aliphatic carbocycles. The van der Waals surface area contributed by atoms with Gasteiger partial charge in [-0.25, -0.2) is 4.68 Å². The van der Waals surface area contributed by atoms with Crippen molar-refractivity contribution in [1.29, 1.82) is 0 Å². The summed E-state index contributed by atoms with van der Waals surface area (Å²) in [6, 6.07) is 22.6. The molecule has 0 saturated heterocycles. The standard InChI is InChI=1S/C22H15N3O3/c26-21-9-5-4-8-19-20(15-12-16-10-13-18(14-11-16)25(27)28)23-24(22(19)21)17-6-2-1-3-7-17/h1-15H. The van der Waals surface area contributed by atoms with Gasteiger partial charge in [-0.3, -0.25) is 14.9 Å². The van der Waals surface area contributed by atoms with Crippen molar-refractivity contribution in [3.63, 3.8) is 0 Å². The van der Waals surface area contributed by atoms with Crippen LogP contribution in [0, 0.1) is 10.1 Å². The van der Waals surface area contributed by atoms with Crippen LogP contribution in [0.3, 0.4) is 0 Å². The van der Waals surface area contributed by atoms with Crippen LogP contribution in [0.5, 0.6) is 0 Å². The first kappa shape index (κ1) is 17.4. The molecular weight excluding hydrogens is 354 g/mol. The van der Waals surface area contributed by atoms with Gasteiger partial charge in [0.2, 0.25) is 5.43 Å². The molecule has 28 heavy (non-hydrogen) atoms. The number of rotatable bonds is 4. The molecule has 1 aromatic heterocycles. The maximum absolute atomic E-state index is 12.6. The van der Waals surface area contributed by atoms with E-state index in [0.29, 0.717) is 11.2 Å². The van der Waals surface area contributed by atoms with E-state index in [1.54, 1.807) is 22.9 Å². The number of aromatic nitrogens is 2. The number of para-hydroxylation sites is 1. The van der Waals surface area contributed by atoms with E-state index in [1.807, 2.05) is 54.6 Å². The minimum Gasteiger partial charge on any atom is -0.288 e. The third-order valence-electron chi connectivity index (χ3n) is 4.34. The Kier molecular flexibility index (Phi) is 4.51. The number of non-ortho nitro benzene ring substituents is 1. The van der Waals surface area contributed by atoms with Gasteiger partial charge in [0.1, 0.15) is 5.52 Å². The third kappa shape index (κ3) is 3.31. The first-order valence-electron chi connectivity index (χ1n) is 8.63. The molecule has 0 bridgehead atoms. The van der Waals surface area contributed by atoms with Crippen molar-refractivity contribution in [1.82, 2.24) is 9.78 Å². The van der Waals surface area contributed by atoms with Gasteiger partial charge in [0, 0.05) is 17.5 Å². The fourth-order valence-electron chi connectivity index (χ4n) is 2.98. The number of nitro groups is 1. The molecule has 0 spiro atoms. The second-order valence-corrected chi connectivity index (χ2v) is 6.16. The van der Waals surface area contributed by atoms with Gasteiger partial charge in [0.15, 0.2) is 0 Å². The van der Waals surface area contributed by atoms with Gasteiger partial charge < -0.3 is 0 Å². The molecule has 0 aliphatic rings. The zero-order valence-corrected chi connectivity index (χ0v) is 14.7. The molecule has 0 N–H and O–H groups in total. The lowest BCUT2D eigenvalue weighted by molar-refractivity contribution is -0.384. The second kappa shape index (κ2) is 7.28. The van der Waals surface area contributed by atoms with Gasteiger partial charge in [-0.05, 0) is 42.0 Å². The van der Waals surface area contributed by atoms with E-state index in [2.05, 4.69) is 5.10 Å². The third-order valence-corrected chi connectivity index (χ3v) is 4.34. The average molecular weight is 369 g/mol. The lowest BCUT2D eigenvalue weighted by atomic mass is 10.1. The first-order valence-corrected chi connectivity index (χ1v) is 8.63. The quantitative estimate of drug-likeness (QED) is 0.393. The number of fused-ring (bicyclic) bond motifs is 1. The molecule has 6 heteroatoms. The van der Waals surface area contributed by atoms with Crippen molar-refractivity contribution in [3.8, 4) is 5.69 Å². The van der Waals surface area contributed by atoms with Crippen molar-refractivity contribution < 1.29 is 4.92 Å². The molecular formula is C22H15N3O3. The molecule has 4 rings (SSSR count). The van der Waals surface area contributed by atoms with Crippen molar-refractivity contribution in [3.05, 3.63) is 110 Å². The highest BCUT2D eigenvalue weighted by Crippen LogP contribution is 2.21. The molecule has 0 saturated carbocycles. The van der Waals surface area contributed by atoms with Gasteiger partial charge in [0.05, 0.1) is 16.3 Å². The van der Waals surface area contributed by atoms with Gasteiger partial charge >= 0.3 is 0 Å². The van der Waals surface area contributed by atoms with E-state index >= 15 is 0 Å². The number of nitro benzene ring substituents is 1. The van der Waals surface area contributed by atoms with Crippen molar-refractivity contribution in [2.24, 2.45) is 0 Å². The molecule has 3 aromatic carbocycles. The van der Waals surface area contributed by atoms with Crippen LogP contribution in [0.4, 0.5) is 5.69 Å². The van der Waals surface area contributed by atoms with Crippen LogP contribution in [0.15, 0.2) is 83.7 Å². The zero-order chi connectivity index (χ0) is 19.5. The van der Waals surface area contributed by atoms with E-state index in [4.69, 9.17) is 0 Å². The van der Waals surface area contributed by atoms with Crippen LogP contribution in [-0.2, 0) is 0 Å². The number of benzene rings is 2. The summed E-state index contributed by atoms with van der Waals surface area (Å²) in [5, 5.41) is 16.1. The Hall–Kier alpha value is -4.06. The summed E-state index contributed by atoms with van der Waals surface area (Å²) in [5.41, 5.74) is 2.66. The van der Waals surface area contributed by atoms with Crippen molar-refractivity contribution >= 4 is 28.7 Å². The molecule has 0 radical (unpaired) electrons. The fraction of sp³-hybridized carbons (Fsp3) is 0. The second-order valence-electron chi connectivity index (χ2n) is 6.16. The van der Waals surface area contributed by atoms with E-state index in [0.717, 1.165) is 16.6 Å². The van der Waals surface area contributed by atoms with Gasteiger partial charge in [-0.15, -0.1) is 0 Å². The molecule has 6 nitrogen and oxygen atoms in total. The molecule has 0 aliphatic heterocycles. The number of hydrogen-bond donors (Lipinski definition) is 0. The summed E-state index contributed by atoms with van der Waals surface area (Å²) in [7, 11) is 0. The van der Waals surface area contributed by atoms with E-state index in [9.17, 15) is 14.9 Å². The van der Waals surface area contributed by atoms with Crippen LogP contribution >= 0.6 is 0 Å². The van der Waals surface area contributed by atoms with Gasteiger partial charge in [0.25, 0.3) is 5.69 Å². The summed E-state index contributed by atoms with van der Waals surface area (Å²) in [4.78, 5) is 23.0. The van der Waals surface area contributed by atoms with E-state index in [-0.39, 0.29) is 11.1 Å².